The van der Waals surface area contributed by atoms with E-state index in [2.05, 4.69) is 0 Å². The van der Waals surface area contributed by atoms with Gasteiger partial charge in [0.15, 0.2) is 0 Å². The number of nitro benzene ring substituents is 1. The largest absolute Gasteiger partial charge is 0.467 e. The number of benzene rings is 1. The summed E-state index contributed by atoms with van der Waals surface area (Å²) in [5.41, 5.74) is 3.64. The molecule has 1 amide bonds. The van der Waals surface area contributed by atoms with Gasteiger partial charge in [-0.05, 0) is 55.8 Å². The zero-order chi connectivity index (χ0) is 21.4. The number of aromatic nitrogens is 1. The van der Waals surface area contributed by atoms with Crippen LogP contribution in [0.3, 0.4) is 0 Å². The molecule has 0 bridgehead atoms. The smallest absolute Gasteiger partial charge is 0.269 e. The Bertz CT molecular complexity index is 1180. The first-order chi connectivity index (χ1) is 14.3. The van der Waals surface area contributed by atoms with Gasteiger partial charge in [0.2, 0.25) is 0 Å². The fourth-order valence-electron chi connectivity index (χ4n) is 3.39. The second-order valence-electron chi connectivity index (χ2n) is 6.78. The van der Waals surface area contributed by atoms with Crippen LogP contribution in [0.5, 0.6) is 0 Å². The number of thiocarbonyl (C=S) groups is 1. The van der Waals surface area contributed by atoms with Gasteiger partial charge in [-0.25, -0.2) is 0 Å². The number of nitrogens with zero attached hydrogens (tertiary/aromatic N) is 3. The molecule has 30 heavy (non-hydrogen) atoms. The molecule has 0 saturated carbocycles. The molecule has 0 unspecified atom stereocenters. The monoisotopic (exact) mass is 439 g/mol. The summed E-state index contributed by atoms with van der Waals surface area (Å²) in [6.45, 7) is 4.20. The van der Waals surface area contributed by atoms with E-state index in [4.69, 9.17) is 16.6 Å². The summed E-state index contributed by atoms with van der Waals surface area (Å²) in [4.78, 5) is 25.4. The summed E-state index contributed by atoms with van der Waals surface area (Å²) >= 11 is 6.65. The Morgan fingerprint density at radius 2 is 1.97 bits per heavy atom. The number of thioether (sulfide) groups is 1. The molecule has 2 aromatic heterocycles. The maximum Gasteiger partial charge on any atom is 0.269 e. The molecule has 1 aliphatic rings. The molecule has 1 aromatic carbocycles. The van der Waals surface area contributed by atoms with Crippen molar-refractivity contribution < 1.29 is 14.1 Å². The highest BCUT2D eigenvalue weighted by Crippen LogP contribution is 2.35. The first kappa shape index (κ1) is 20.1. The average molecular weight is 440 g/mol. The number of amides is 1. The second-order valence-corrected chi connectivity index (χ2v) is 8.46. The maximum absolute atomic E-state index is 12.9. The fraction of sp³-hybridized carbons (Fsp3) is 0.143. The summed E-state index contributed by atoms with van der Waals surface area (Å²) in [6, 6.07) is 11.9. The van der Waals surface area contributed by atoms with Gasteiger partial charge in [0.05, 0.1) is 22.6 Å². The standard InChI is InChI=1S/C21H17N3O4S2/c1-13-10-15(14(2)23(13)16-5-7-17(8-6-16)24(26)27)11-19-20(25)22(21(29)30-19)12-18-4-3-9-28-18/h3-11H,12H2,1-2H3. The van der Waals surface area contributed by atoms with Gasteiger partial charge in [-0.2, -0.15) is 0 Å². The van der Waals surface area contributed by atoms with Crippen molar-refractivity contribution in [3.05, 3.63) is 86.5 Å². The molecule has 9 heteroatoms. The van der Waals surface area contributed by atoms with Crippen LogP contribution in [0.2, 0.25) is 0 Å². The van der Waals surface area contributed by atoms with Gasteiger partial charge in [-0.1, -0.05) is 24.0 Å². The molecule has 7 nitrogen and oxygen atoms in total. The normalized spacial score (nSPS) is 15.4. The highest BCUT2D eigenvalue weighted by Gasteiger charge is 2.32. The van der Waals surface area contributed by atoms with E-state index < -0.39 is 4.92 Å². The van der Waals surface area contributed by atoms with Crippen molar-refractivity contribution in [3.63, 3.8) is 0 Å². The Balaban J connectivity index is 1.63. The summed E-state index contributed by atoms with van der Waals surface area (Å²) < 4.78 is 7.82. The lowest BCUT2D eigenvalue weighted by Crippen LogP contribution is -2.27. The Morgan fingerprint density at radius 3 is 2.60 bits per heavy atom. The number of hydrogen-bond donors (Lipinski definition) is 0. The zero-order valence-corrected chi connectivity index (χ0v) is 17.8. The SMILES string of the molecule is Cc1cc(C=C2SC(=S)N(Cc3ccco3)C2=O)c(C)n1-c1ccc([N+](=O)[O-])cc1. The highest BCUT2D eigenvalue weighted by atomic mass is 32.2. The molecule has 1 aliphatic heterocycles. The summed E-state index contributed by atoms with van der Waals surface area (Å²) in [6.07, 6.45) is 3.40. The van der Waals surface area contributed by atoms with Crippen molar-refractivity contribution in [1.29, 1.82) is 0 Å². The Kier molecular flexibility index (Phi) is 5.31. The van der Waals surface area contributed by atoms with E-state index in [1.807, 2.05) is 30.6 Å². The quantitative estimate of drug-likeness (QED) is 0.241. The number of non-ortho nitro benzene ring substituents is 1. The van der Waals surface area contributed by atoms with Gasteiger partial charge in [0.25, 0.3) is 11.6 Å². The van der Waals surface area contributed by atoms with Crippen molar-refractivity contribution in [2.75, 3.05) is 0 Å². The Morgan fingerprint density at radius 1 is 1.23 bits per heavy atom. The highest BCUT2D eigenvalue weighted by molar-refractivity contribution is 8.26. The van der Waals surface area contributed by atoms with Crippen LogP contribution in [0.4, 0.5) is 5.69 Å². The summed E-state index contributed by atoms with van der Waals surface area (Å²) in [7, 11) is 0. The van der Waals surface area contributed by atoms with Gasteiger partial charge in [0, 0.05) is 29.2 Å². The second kappa shape index (κ2) is 7.92. The molecule has 1 fully saturated rings. The Hall–Kier alpha value is -3.17. The summed E-state index contributed by atoms with van der Waals surface area (Å²) in [5, 5.41) is 10.9. The molecular formula is C21H17N3O4S2. The first-order valence-corrected chi connectivity index (χ1v) is 10.3. The minimum atomic E-state index is -0.421. The molecule has 152 valence electrons. The van der Waals surface area contributed by atoms with Gasteiger partial charge in [-0.3, -0.25) is 19.8 Å². The van der Waals surface area contributed by atoms with Crippen molar-refractivity contribution in [2.45, 2.75) is 20.4 Å². The maximum atomic E-state index is 12.9. The molecule has 0 spiro atoms. The van der Waals surface area contributed by atoms with Crippen LogP contribution in [0.15, 0.2) is 58.1 Å². The molecule has 4 rings (SSSR count). The molecule has 0 atom stereocenters. The average Bonchev–Trinajstić information content (AvgIpc) is 3.39. The van der Waals surface area contributed by atoms with E-state index >= 15 is 0 Å². The molecule has 3 aromatic rings. The van der Waals surface area contributed by atoms with Gasteiger partial charge >= 0.3 is 0 Å². The predicted molar refractivity (Wildman–Crippen MR) is 119 cm³/mol. The van der Waals surface area contributed by atoms with Crippen LogP contribution in [-0.4, -0.2) is 24.6 Å². The number of aryl methyl sites for hydroxylation is 1. The van der Waals surface area contributed by atoms with E-state index in [1.54, 1.807) is 30.5 Å². The number of rotatable bonds is 5. The lowest BCUT2D eigenvalue weighted by Gasteiger charge is -2.12. The minimum Gasteiger partial charge on any atom is -0.467 e. The number of carbonyl (C=O) groups excluding carboxylic acids is 1. The van der Waals surface area contributed by atoms with Crippen LogP contribution < -0.4 is 0 Å². The Labute approximate surface area is 182 Å². The lowest BCUT2D eigenvalue weighted by molar-refractivity contribution is -0.384. The fourth-order valence-corrected chi connectivity index (χ4v) is 4.64. The van der Waals surface area contributed by atoms with Crippen LogP contribution in [-0.2, 0) is 11.3 Å². The summed E-state index contributed by atoms with van der Waals surface area (Å²) in [5.74, 6) is 0.519. The topological polar surface area (TPSA) is 81.5 Å². The van der Waals surface area contributed by atoms with Gasteiger partial charge < -0.3 is 8.98 Å². The molecule has 3 heterocycles. The molecule has 1 saturated heterocycles. The van der Waals surface area contributed by atoms with E-state index in [0.29, 0.717) is 21.5 Å². The van der Waals surface area contributed by atoms with E-state index in [9.17, 15) is 14.9 Å². The molecule has 0 aliphatic carbocycles. The van der Waals surface area contributed by atoms with Crippen LogP contribution in [0, 0.1) is 24.0 Å². The third-order valence-corrected chi connectivity index (χ3v) is 6.22. The van der Waals surface area contributed by atoms with Gasteiger partial charge in [-0.15, -0.1) is 0 Å². The zero-order valence-electron chi connectivity index (χ0n) is 16.2. The number of nitro groups is 1. The number of carbonyl (C=O) groups is 1. The van der Waals surface area contributed by atoms with Crippen molar-refractivity contribution >= 4 is 46.0 Å². The van der Waals surface area contributed by atoms with Crippen LogP contribution in [0.25, 0.3) is 11.8 Å². The van der Waals surface area contributed by atoms with Crippen molar-refractivity contribution in [1.82, 2.24) is 9.47 Å². The third-order valence-electron chi connectivity index (χ3n) is 4.84. The molecular weight excluding hydrogens is 422 g/mol. The van der Waals surface area contributed by atoms with Gasteiger partial charge in [0.1, 0.15) is 10.1 Å². The molecule has 0 radical (unpaired) electrons. The van der Waals surface area contributed by atoms with E-state index in [-0.39, 0.29) is 11.6 Å². The lowest BCUT2D eigenvalue weighted by atomic mass is 10.2. The van der Waals surface area contributed by atoms with Crippen molar-refractivity contribution in [2.24, 2.45) is 0 Å². The van der Waals surface area contributed by atoms with E-state index in [0.717, 1.165) is 22.6 Å². The molecule has 0 N–H and O–H groups in total. The first-order valence-electron chi connectivity index (χ1n) is 9.06. The minimum absolute atomic E-state index is 0.0432. The van der Waals surface area contributed by atoms with Crippen LogP contribution >= 0.6 is 24.0 Å². The van der Waals surface area contributed by atoms with Crippen LogP contribution in [0.1, 0.15) is 22.7 Å². The number of hydrogen-bond acceptors (Lipinski definition) is 6. The third kappa shape index (κ3) is 3.69. The van der Waals surface area contributed by atoms with E-state index in [1.165, 1.54) is 28.8 Å². The number of furan rings is 1. The predicted octanol–water partition coefficient (Wildman–Crippen LogP) is 5.00. The van der Waals surface area contributed by atoms with Crippen molar-refractivity contribution in [3.8, 4) is 5.69 Å².